The molecule has 1 N–H and O–H groups in total. The van der Waals surface area contributed by atoms with Gasteiger partial charge in [-0.25, -0.2) is 8.42 Å². The first-order chi connectivity index (χ1) is 10.8. The van der Waals surface area contributed by atoms with Gasteiger partial charge in [0.15, 0.2) is 0 Å². The van der Waals surface area contributed by atoms with E-state index < -0.39 is 9.05 Å². The van der Waals surface area contributed by atoms with Crippen LogP contribution in [0.2, 0.25) is 5.02 Å². The molecule has 0 aliphatic carbocycles. The number of aromatic nitrogens is 3. The van der Waals surface area contributed by atoms with Crippen molar-refractivity contribution < 1.29 is 12.8 Å². The Kier molecular flexibility index (Phi) is 3.95. The zero-order valence-corrected chi connectivity index (χ0v) is 14.4. The highest BCUT2D eigenvalue weighted by Gasteiger charge is 2.27. The van der Waals surface area contributed by atoms with Crippen LogP contribution >= 0.6 is 22.3 Å². The first kappa shape index (κ1) is 16.0. The van der Waals surface area contributed by atoms with Crippen LogP contribution in [-0.2, 0) is 9.05 Å². The molecule has 120 valence electrons. The maximum absolute atomic E-state index is 11.8. The van der Waals surface area contributed by atoms with Gasteiger partial charge in [0.1, 0.15) is 4.90 Å². The molecule has 6 nitrogen and oxygen atoms in total. The van der Waals surface area contributed by atoms with Crippen molar-refractivity contribution >= 4 is 31.3 Å². The van der Waals surface area contributed by atoms with Crippen LogP contribution in [0.25, 0.3) is 22.9 Å². The smallest absolute Gasteiger partial charge is 0.263 e. The van der Waals surface area contributed by atoms with Gasteiger partial charge in [-0.1, -0.05) is 11.6 Å². The lowest BCUT2D eigenvalue weighted by Crippen LogP contribution is -1.94. The van der Waals surface area contributed by atoms with Crippen LogP contribution in [0, 0.1) is 13.8 Å². The van der Waals surface area contributed by atoms with Crippen LogP contribution in [0.4, 0.5) is 0 Å². The molecule has 3 aromatic rings. The normalized spacial score (nSPS) is 11.8. The lowest BCUT2D eigenvalue weighted by molar-refractivity contribution is 0.580. The van der Waals surface area contributed by atoms with Gasteiger partial charge in [0.05, 0.1) is 5.56 Å². The fourth-order valence-corrected chi connectivity index (χ4v) is 3.96. The highest BCUT2D eigenvalue weighted by molar-refractivity contribution is 8.13. The first-order valence-electron chi connectivity index (χ1n) is 6.51. The third kappa shape index (κ3) is 2.99. The number of halogens is 2. The van der Waals surface area contributed by atoms with Gasteiger partial charge >= 0.3 is 0 Å². The molecule has 0 atom stereocenters. The molecule has 2 heterocycles. The van der Waals surface area contributed by atoms with Crippen LogP contribution in [0.5, 0.6) is 0 Å². The third-order valence-corrected chi connectivity index (χ3v) is 5.00. The maximum atomic E-state index is 11.8. The van der Waals surface area contributed by atoms with Gasteiger partial charge in [-0.3, -0.25) is 0 Å². The standard InChI is InChI=1S/C14H11Cl2N3O3S/c1-7-11(12(8(2)17-7)23(16,20)21)14-19-18-13(22-14)9-3-5-10(15)6-4-9/h3-6,17H,1-2H3. The summed E-state index contributed by atoms with van der Waals surface area (Å²) in [5.74, 6) is 0.337. The molecule has 0 aliphatic heterocycles. The van der Waals surface area contributed by atoms with E-state index in [0.717, 1.165) is 0 Å². The molecule has 9 heteroatoms. The fraction of sp³-hybridized carbons (Fsp3) is 0.143. The van der Waals surface area contributed by atoms with E-state index in [0.29, 0.717) is 22.0 Å². The van der Waals surface area contributed by atoms with Crippen molar-refractivity contribution in [2.24, 2.45) is 0 Å². The number of aryl methyl sites for hydroxylation is 2. The Hall–Kier alpha value is -1.83. The summed E-state index contributed by atoms with van der Waals surface area (Å²) in [5.41, 5.74) is 1.95. The summed E-state index contributed by atoms with van der Waals surface area (Å²) in [6.07, 6.45) is 0. The largest absolute Gasteiger partial charge is 0.416 e. The van der Waals surface area contributed by atoms with E-state index >= 15 is 0 Å². The number of nitrogens with one attached hydrogen (secondary N) is 1. The van der Waals surface area contributed by atoms with Crippen molar-refractivity contribution in [1.82, 2.24) is 15.2 Å². The van der Waals surface area contributed by atoms with Crippen LogP contribution in [0.1, 0.15) is 11.4 Å². The Labute approximate surface area is 141 Å². The van der Waals surface area contributed by atoms with Crippen molar-refractivity contribution in [3.8, 4) is 22.9 Å². The summed E-state index contributed by atoms with van der Waals surface area (Å²) in [6, 6.07) is 6.85. The number of aromatic amines is 1. The zero-order valence-electron chi connectivity index (χ0n) is 12.1. The van der Waals surface area contributed by atoms with Crippen LogP contribution < -0.4 is 0 Å². The van der Waals surface area contributed by atoms with Gasteiger partial charge in [-0.05, 0) is 38.1 Å². The molecule has 2 aromatic heterocycles. The number of nitrogens with zero attached hydrogens (tertiary/aromatic N) is 2. The van der Waals surface area contributed by atoms with Crippen LogP contribution in [0.3, 0.4) is 0 Å². The van der Waals surface area contributed by atoms with E-state index in [1.54, 1.807) is 38.1 Å². The minimum Gasteiger partial charge on any atom is -0.416 e. The zero-order chi connectivity index (χ0) is 16.8. The number of hydrogen-bond donors (Lipinski definition) is 1. The minimum absolute atomic E-state index is 0.0528. The molecule has 0 bridgehead atoms. The van der Waals surface area contributed by atoms with Gasteiger partial charge < -0.3 is 9.40 Å². The number of hydrogen-bond acceptors (Lipinski definition) is 5. The molecule has 0 saturated carbocycles. The van der Waals surface area contributed by atoms with Gasteiger partial charge in [-0.15, -0.1) is 10.2 Å². The molecule has 3 rings (SSSR count). The quantitative estimate of drug-likeness (QED) is 0.704. The Morgan fingerprint density at radius 2 is 1.65 bits per heavy atom. The van der Waals surface area contributed by atoms with Crippen molar-refractivity contribution in [3.05, 3.63) is 40.7 Å². The predicted octanol–water partition coefficient (Wildman–Crippen LogP) is 3.93. The molecular weight excluding hydrogens is 361 g/mol. The van der Waals surface area contributed by atoms with E-state index in [9.17, 15) is 8.42 Å². The van der Waals surface area contributed by atoms with E-state index in [1.165, 1.54) is 0 Å². The van der Waals surface area contributed by atoms with Crippen molar-refractivity contribution in [2.75, 3.05) is 0 Å². The van der Waals surface area contributed by atoms with Crippen molar-refractivity contribution in [3.63, 3.8) is 0 Å². The molecule has 0 radical (unpaired) electrons. The Morgan fingerprint density at radius 3 is 2.26 bits per heavy atom. The highest BCUT2D eigenvalue weighted by Crippen LogP contribution is 2.35. The summed E-state index contributed by atoms with van der Waals surface area (Å²) in [6.45, 7) is 3.32. The number of rotatable bonds is 3. The average Bonchev–Trinajstić information content (AvgIpc) is 3.03. The fourth-order valence-electron chi connectivity index (χ4n) is 2.35. The molecule has 0 saturated heterocycles. The molecule has 23 heavy (non-hydrogen) atoms. The average molecular weight is 372 g/mol. The number of H-pyrrole nitrogens is 1. The second-order valence-electron chi connectivity index (χ2n) is 4.94. The molecule has 0 spiro atoms. The molecular formula is C14H11Cl2N3O3S. The lowest BCUT2D eigenvalue weighted by atomic mass is 10.2. The molecule has 0 amide bonds. The molecule has 0 fully saturated rings. The Morgan fingerprint density at radius 1 is 1.04 bits per heavy atom. The Bertz CT molecular complexity index is 975. The molecule has 0 aliphatic rings. The monoisotopic (exact) mass is 371 g/mol. The minimum atomic E-state index is -3.96. The summed E-state index contributed by atoms with van der Waals surface area (Å²) < 4.78 is 29.2. The van der Waals surface area contributed by atoms with Gasteiger partial charge in [0, 0.05) is 32.7 Å². The summed E-state index contributed by atoms with van der Waals surface area (Å²) in [4.78, 5) is 2.88. The highest BCUT2D eigenvalue weighted by atomic mass is 35.7. The van der Waals surface area contributed by atoms with Crippen LogP contribution in [0.15, 0.2) is 33.6 Å². The van der Waals surface area contributed by atoms with Crippen molar-refractivity contribution in [2.45, 2.75) is 18.7 Å². The van der Waals surface area contributed by atoms with E-state index in [2.05, 4.69) is 15.2 Å². The van der Waals surface area contributed by atoms with Gasteiger partial charge in [0.25, 0.3) is 14.9 Å². The maximum Gasteiger partial charge on any atom is 0.263 e. The number of benzene rings is 1. The molecule has 0 unspecified atom stereocenters. The molecule has 1 aromatic carbocycles. The summed E-state index contributed by atoms with van der Waals surface area (Å²) in [5, 5.41) is 8.48. The lowest BCUT2D eigenvalue weighted by Gasteiger charge is -1.99. The SMILES string of the molecule is Cc1[nH]c(C)c(S(=O)(=O)Cl)c1-c1nnc(-c2ccc(Cl)cc2)o1. The second-order valence-corrected chi connectivity index (χ2v) is 7.88. The van der Waals surface area contributed by atoms with E-state index in [4.69, 9.17) is 26.7 Å². The summed E-state index contributed by atoms with van der Waals surface area (Å²) in [7, 11) is 1.56. The third-order valence-electron chi connectivity index (χ3n) is 3.29. The summed E-state index contributed by atoms with van der Waals surface area (Å²) >= 11 is 5.84. The van der Waals surface area contributed by atoms with Crippen molar-refractivity contribution in [1.29, 1.82) is 0 Å². The van der Waals surface area contributed by atoms with Gasteiger partial charge in [0.2, 0.25) is 5.89 Å². The van der Waals surface area contributed by atoms with E-state index in [1.807, 2.05) is 0 Å². The van der Waals surface area contributed by atoms with Crippen LogP contribution in [-0.4, -0.2) is 23.6 Å². The Balaban J connectivity index is 2.13. The first-order valence-corrected chi connectivity index (χ1v) is 9.19. The van der Waals surface area contributed by atoms with E-state index in [-0.39, 0.29) is 22.2 Å². The van der Waals surface area contributed by atoms with Gasteiger partial charge in [-0.2, -0.15) is 0 Å². The predicted molar refractivity (Wildman–Crippen MR) is 87.0 cm³/mol. The topological polar surface area (TPSA) is 88.9 Å². The second kappa shape index (κ2) is 5.67.